The van der Waals surface area contributed by atoms with E-state index in [4.69, 9.17) is 8.92 Å². The van der Waals surface area contributed by atoms with E-state index in [1.165, 1.54) is 31.4 Å². The third kappa shape index (κ3) is 7.93. The van der Waals surface area contributed by atoms with Crippen molar-refractivity contribution in [2.75, 3.05) is 26.5 Å². The summed E-state index contributed by atoms with van der Waals surface area (Å²) in [5, 5.41) is 0. The highest BCUT2D eigenvalue weighted by atomic mass is 32.2. The minimum Gasteiger partial charge on any atom is -0.383 e. The molecule has 0 heterocycles. The van der Waals surface area contributed by atoms with E-state index >= 15 is 0 Å². The predicted molar refractivity (Wildman–Crippen MR) is 105 cm³/mol. The summed E-state index contributed by atoms with van der Waals surface area (Å²) in [6, 6.07) is 6.13. The lowest BCUT2D eigenvalue weighted by atomic mass is 10.0. The highest BCUT2D eigenvalue weighted by Crippen LogP contribution is 2.36. The quantitative estimate of drug-likeness (QED) is 0.399. The number of rotatable bonds is 8. The van der Waals surface area contributed by atoms with Gasteiger partial charge in [0.2, 0.25) is 0 Å². The maximum atomic E-state index is 13.2. The Labute approximate surface area is 185 Å². The second-order valence-electron chi connectivity index (χ2n) is 6.95. The zero-order valence-electron chi connectivity index (χ0n) is 17.3. The summed E-state index contributed by atoms with van der Waals surface area (Å²) < 4.78 is 111. The number of methoxy groups -OCH3 is 1. The predicted octanol–water partition coefficient (Wildman–Crippen LogP) is 4.35. The molecule has 0 aliphatic rings. The Morgan fingerprint density at radius 2 is 1.55 bits per heavy atom. The van der Waals surface area contributed by atoms with Crippen LogP contribution in [-0.2, 0) is 33.8 Å². The third-order valence-electron chi connectivity index (χ3n) is 4.21. The molecule has 0 aliphatic heterocycles. The van der Waals surface area contributed by atoms with Crippen molar-refractivity contribution in [3.8, 4) is 5.75 Å². The lowest BCUT2D eigenvalue weighted by Gasteiger charge is -2.24. The van der Waals surface area contributed by atoms with Crippen LogP contribution in [0, 0.1) is 0 Å². The van der Waals surface area contributed by atoms with Crippen LogP contribution in [0.5, 0.6) is 5.75 Å². The van der Waals surface area contributed by atoms with Gasteiger partial charge in [-0.3, -0.25) is 4.79 Å². The van der Waals surface area contributed by atoms with Crippen LogP contribution in [0.15, 0.2) is 42.5 Å². The molecule has 6 nitrogen and oxygen atoms in total. The molecule has 0 N–H and O–H groups in total. The van der Waals surface area contributed by atoms with Crippen LogP contribution in [0.4, 0.5) is 26.3 Å². The summed E-state index contributed by atoms with van der Waals surface area (Å²) >= 11 is 0. The molecule has 0 atom stereocenters. The van der Waals surface area contributed by atoms with Gasteiger partial charge in [-0.15, -0.1) is 0 Å². The maximum Gasteiger partial charge on any atom is 0.416 e. The van der Waals surface area contributed by atoms with Gasteiger partial charge >= 0.3 is 22.5 Å². The van der Waals surface area contributed by atoms with E-state index in [2.05, 4.69) is 0 Å². The molecule has 0 radical (unpaired) electrons. The van der Waals surface area contributed by atoms with Crippen LogP contribution in [-0.4, -0.2) is 45.7 Å². The van der Waals surface area contributed by atoms with Gasteiger partial charge in [-0.25, -0.2) is 0 Å². The molecule has 0 unspecified atom stereocenters. The second kappa shape index (κ2) is 10.00. The van der Waals surface area contributed by atoms with Gasteiger partial charge in [0.15, 0.2) is 0 Å². The van der Waals surface area contributed by atoms with E-state index < -0.39 is 45.1 Å². The minimum absolute atomic E-state index is 0.0592. The summed E-state index contributed by atoms with van der Waals surface area (Å²) in [4.78, 5) is 13.9. The first-order valence-electron chi connectivity index (χ1n) is 9.16. The number of hydrogen-bond acceptors (Lipinski definition) is 5. The number of carbonyl (C=O) groups excluding carboxylic acids is 1. The first kappa shape index (κ1) is 26.5. The average molecular weight is 499 g/mol. The normalized spacial score (nSPS) is 12.5. The largest absolute Gasteiger partial charge is 0.416 e. The molecule has 2 aromatic carbocycles. The number of carbonyl (C=O) groups is 1. The first-order valence-corrected chi connectivity index (χ1v) is 11.0. The molecule has 0 fully saturated rings. The number of alkyl halides is 6. The zero-order chi connectivity index (χ0) is 25.0. The highest BCUT2D eigenvalue weighted by Gasteiger charge is 2.38. The number of nitrogens with zero attached hydrogens (tertiary/aromatic N) is 1. The van der Waals surface area contributed by atoms with Gasteiger partial charge in [-0.1, -0.05) is 12.1 Å². The van der Waals surface area contributed by atoms with E-state index in [0.717, 1.165) is 11.2 Å². The average Bonchev–Trinajstić information content (AvgIpc) is 2.68. The molecule has 182 valence electrons. The van der Waals surface area contributed by atoms with Gasteiger partial charge in [-0.05, 0) is 35.9 Å². The molecule has 13 heteroatoms. The lowest BCUT2D eigenvalue weighted by Crippen LogP contribution is -2.34. The Morgan fingerprint density at radius 3 is 2.03 bits per heavy atom. The van der Waals surface area contributed by atoms with Gasteiger partial charge in [0.1, 0.15) is 5.75 Å². The molecule has 0 aliphatic carbocycles. The number of hydrogen-bond donors (Lipinski definition) is 0. The Bertz CT molecular complexity index is 1070. The van der Waals surface area contributed by atoms with E-state index in [0.29, 0.717) is 17.7 Å². The van der Waals surface area contributed by atoms with Crippen molar-refractivity contribution in [3.63, 3.8) is 0 Å². The standard InChI is InChI=1S/C20H19F6NO5S/c1-31-7-6-27(12-13-4-3-5-17(8-13)32-33(2,29)30)18(28)14-9-15(19(21,22)23)11-16(10-14)20(24,25)26/h3-5,8-11H,6-7,12H2,1-2H3. The molecule has 0 bridgehead atoms. The van der Waals surface area contributed by atoms with E-state index in [-0.39, 0.29) is 31.5 Å². The highest BCUT2D eigenvalue weighted by molar-refractivity contribution is 7.86. The molecule has 2 aromatic rings. The van der Waals surface area contributed by atoms with Crippen molar-refractivity contribution >= 4 is 16.0 Å². The molecule has 0 saturated heterocycles. The van der Waals surface area contributed by atoms with Crippen molar-refractivity contribution in [2.45, 2.75) is 18.9 Å². The summed E-state index contributed by atoms with van der Waals surface area (Å²) in [6.07, 6.45) is -9.39. The molecule has 2 rings (SSSR count). The number of amides is 1. The molecular formula is C20H19F6NO5S. The first-order chi connectivity index (χ1) is 15.1. The molecule has 0 aromatic heterocycles. The van der Waals surface area contributed by atoms with Crippen LogP contribution in [0.3, 0.4) is 0 Å². The monoisotopic (exact) mass is 499 g/mol. The van der Waals surface area contributed by atoms with Gasteiger partial charge in [0.25, 0.3) is 5.91 Å². The third-order valence-corrected chi connectivity index (χ3v) is 4.70. The minimum atomic E-state index is -5.11. The van der Waals surface area contributed by atoms with Crippen molar-refractivity contribution in [1.29, 1.82) is 0 Å². The Hall–Kier alpha value is -2.80. The van der Waals surface area contributed by atoms with Gasteiger partial charge in [0, 0.05) is 25.8 Å². The lowest BCUT2D eigenvalue weighted by molar-refractivity contribution is -0.143. The van der Waals surface area contributed by atoms with E-state index in [1.54, 1.807) is 0 Å². The number of halogens is 6. The Kier molecular flexibility index (Phi) is 8.01. The topological polar surface area (TPSA) is 72.9 Å². The van der Waals surface area contributed by atoms with E-state index in [1.807, 2.05) is 0 Å². The fourth-order valence-electron chi connectivity index (χ4n) is 2.81. The maximum absolute atomic E-state index is 13.2. The van der Waals surface area contributed by atoms with Crippen molar-refractivity contribution in [3.05, 3.63) is 64.7 Å². The summed E-state index contributed by atoms with van der Waals surface area (Å²) in [7, 11) is -2.55. The smallest absolute Gasteiger partial charge is 0.383 e. The summed E-state index contributed by atoms with van der Waals surface area (Å²) in [6.45, 7) is -0.485. The SMILES string of the molecule is COCCN(Cc1cccc(OS(C)(=O)=O)c1)C(=O)c1cc(C(F)(F)F)cc(C(F)(F)F)c1. The van der Waals surface area contributed by atoms with Gasteiger partial charge in [0.05, 0.1) is 24.0 Å². The molecule has 0 spiro atoms. The van der Waals surface area contributed by atoms with Gasteiger partial charge in [-0.2, -0.15) is 34.8 Å². The second-order valence-corrected chi connectivity index (χ2v) is 8.52. The number of ether oxygens (including phenoxy) is 1. The van der Waals surface area contributed by atoms with E-state index in [9.17, 15) is 39.6 Å². The Balaban J connectivity index is 2.45. The van der Waals surface area contributed by atoms with Crippen LogP contribution in [0.2, 0.25) is 0 Å². The number of benzene rings is 2. The van der Waals surface area contributed by atoms with Crippen LogP contribution in [0.1, 0.15) is 27.0 Å². The van der Waals surface area contributed by atoms with Crippen molar-refractivity contribution < 1.29 is 48.5 Å². The van der Waals surface area contributed by atoms with Crippen LogP contribution < -0.4 is 4.18 Å². The Morgan fingerprint density at radius 1 is 0.970 bits per heavy atom. The molecule has 33 heavy (non-hydrogen) atoms. The summed E-state index contributed by atoms with van der Waals surface area (Å²) in [5.74, 6) is -1.18. The van der Waals surface area contributed by atoms with Crippen molar-refractivity contribution in [2.24, 2.45) is 0 Å². The zero-order valence-corrected chi connectivity index (χ0v) is 18.1. The molecular weight excluding hydrogens is 480 g/mol. The van der Waals surface area contributed by atoms with Crippen molar-refractivity contribution in [1.82, 2.24) is 4.90 Å². The fraction of sp³-hybridized carbons (Fsp3) is 0.350. The fourth-order valence-corrected chi connectivity index (χ4v) is 3.26. The van der Waals surface area contributed by atoms with Crippen LogP contribution in [0.25, 0.3) is 0 Å². The molecule has 1 amide bonds. The van der Waals surface area contributed by atoms with Crippen LogP contribution >= 0.6 is 0 Å². The summed E-state index contributed by atoms with van der Waals surface area (Å²) in [5.41, 5.74) is -3.72. The van der Waals surface area contributed by atoms with Gasteiger partial charge < -0.3 is 13.8 Å². The molecule has 0 saturated carbocycles.